The minimum Gasteiger partial charge on any atom is -0.384 e. The summed E-state index contributed by atoms with van der Waals surface area (Å²) in [5.41, 5.74) is 3.30. The first-order chi connectivity index (χ1) is 9.73. The minimum atomic E-state index is -0.423. The van der Waals surface area contributed by atoms with Gasteiger partial charge in [-0.2, -0.15) is 0 Å². The summed E-state index contributed by atoms with van der Waals surface area (Å²) in [5.74, 6) is 0.0716. The monoisotopic (exact) mass is 274 g/mol. The highest BCUT2D eigenvalue weighted by atomic mass is 16.5. The molecule has 1 aromatic carbocycles. The first kappa shape index (κ1) is 13.6. The smallest absolute Gasteiger partial charge is 0.234 e. The molecule has 108 valence electrons. The highest BCUT2D eigenvalue weighted by molar-refractivity contribution is 5.96. The predicted molar refractivity (Wildman–Crippen MR) is 78.9 cm³/mol. The normalized spacial score (nSPS) is 24.6. The molecule has 1 atom stereocenters. The lowest BCUT2D eigenvalue weighted by Gasteiger charge is -2.26. The van der Waals surface area contributed by atoms with E-state index < -0.39 is 5.41 Å². The van der Waals surface area contributed by atoms with Gasteiger partial charge in [0.05, 0.1) is 12.0 Å². The van der Waals surface area contributed by atoms with E-state index in [4.69, 9.17) is 4.74 Å². The molecule has 1 aromatic rings. The largest absolute Gasteiger partial charge is 0.384 e. The van der Waals surface area contributed by atoms with Gasteiger partial charge in [-0.25, -0.2) is 0 Å². The molecule has 1 aliphatic heterocycles. The van der Waals surface area contributed by atoms with Crippen LogP contribution in [0.25, 0.3) is 0 Å². The number of carbonyl (C=O) groups excluding carboxylic acids is 1. The SMILES string of the molecule is COCC1(C(=O)Nc2ccc3c(c2)CCC3)CCNC1. The van der Waals surface area contributed by atoms with Crippen molar-refractivity contribution in [3.05, 3.63) is 29.3 Å². The quantitative estimate of drug-likeness (QED) is 0.879. The van der Waals surface area contributed by atoms with E-state index in [0.29, 0.717) is 13.2 Å². The van der Waals surface area contributed by atoms with Crippen molar-refractivity contribution >= 4 is 11.6 Å². The van der Waals surface area contributed by atoms with Gasteiger partial charge in [0.15, 0.2) is 0 Å². The molecule has 0 spiro atoms. The molecule has 0 saturated carbocycles. The number of carbonyl (C=O) groups is 1. The molecule has 1 unspecified atom stereocenters. The predicted octanol–water partition coefficient (Wildman–Crippen LogP) is 1.74. The van der Waals surface area contributed by atoms with Crippen LogP contribution in [0.4, 0.5) is 5.69 Å². The maximum Gasteiger partial charge on any atom is 0.234 e. The van der Waals surface area contributed by atoms with Gasteiger partial charge in [-0.1, -0.05) is 6.07 Å². The molecule has 1 heterocycles. The van der Waals surface area contributed by atoms with Crippen LogP contribution in [0.15, 0.2) is 18.2 Å². The van der Waals surface area contributed by atoms with Crippen molar-refractivity contribution in [2.45, 2.75) is 25.7 Å². The highest BCUT2D eigenvalue weighted by Crippen LogP contribution is 2.29. The Balaban J connectivity index is 1.74. The number of fused-ring (bicyclic) bond motifs is 1. The second kappa shape index (κ2) is 5.54. The van der Waals surface area contributed by atoms with Crippen LogP contribution in [-0.2, 0) is 22.4 Å². The third kappa shape index (κ3) is 2.45. The molecular formula is C16H22N2O2. The summed E-state index contributed by atoms with van der Waals surface area (Å²) >= 11 is 0. The van der Waals surface area contributed by atoms with E-state index in [1.54, 1.807) is 7.11 Å². The Kier molecular flexibility index (Phi) is 3.76. The fourth-order valence-electron chi connectivity index (χ4n) is 3.32. The second-order valence-corrected chi connectivity index (χ2v) is 5.93. The van der Waals surface area contributed by atoms with Crippen molar-refractivity contribution in [1.82, 2.24) is 5.32 Å². The average molecular weight is 274 g/mol. The van der Waals surface area contributed by atoms with Crippen LogP contribution < -0.4 is 10.6 Å². The van der Waals surface area contributed by atoms with E-state index in [1.165, 1.54) is 24.0 Å². The molecule has 3 rings (SSSR count). The first-order valence-electron chi connectivity index (χ1n) is 7.36. The summed E-state index contributed by atoms with van der Waals surface area (Å²) in [5, 5.41) is 6.35. The molecule has 1 fully saturated rings. The molecule has 20 heavy (non-hydrogen) atoms. The summed E-state index contributed by atoms with van der Waals surface area (Å²) in [6.07, 6.45) is 4.35. The summed E-state index contributed by atoms with van der Waals surface area (Å²) in [7, 11) is 1.66. The van der Waals surface area contributed by atoms with Crippen molar-refractivity contribution < 1.29 is 9.53 Å². The number of methoxy groups -OCH3 is 1. The number of ether oxygens (including phenoxy) is 1. The Bertz CT molecular complexity index is 507. The maximum absolute atomic E-state index is 12.6. The number of aryl methyl sites for hydroxylation is 2. The van der Waals surface area contributed by atoms with Crippen molar-refractivity contribution in [3.8, 4) is 0 Å². The molecule has 4 heteroatoms. The standard InChI is InChI=1S/C16H22N2O2/c1-20-11-16(7-8-17-10-16)15(19)18-14-6-5-12-3-2-4-13(12)9-14/h5-6,9,17H,2-4,7-8,10-11H2,1H3,(H,18,19). The van der Waals surface area contributed by atoms with Crippen LogP contribution >= 0.6 is 0 Å². The van der Waals surface area contributed by atoms with E-state index in [-0.39, 0.29) is 5.91 Å². The third-order valence-corrected chi connectivity index (χ3v) is 4.50. The lowest BCUT2D eigenvalue weighted by molar-refractivity contribution is -0.127. The lowest BCUT2D eigenvalue weighted by Crippen LogP contribution is -2.41. The van der Waals surface area contributed by atoms with Crippen molar-refractivity contribution in [3.63, 3.8) is 0 Å². The van der Waals surface area contributed by atoms with Gasteiger partial charge < -0.3 is 15.4 Å². The van der Waals surface area contributed by atoms with Crippen LogP contribution in [0.1, 0.15) is 24.0 Å². The maximum atomic E-state index is 12.6. The van der Waals surface area contributed by atoms with Gasteiger partial charge in [0.1, 0.15) is 0 Å². The number of amides is 1. The fourth-order valence-corrected chi connectivity index (χ4v) is 3.32. The first-order valence-corrected chi connectivity index (χ1v) is 7.36. The van der Waals surface area contributed by atoms with E-state index >= 15 is 0 Å². The summed E-state index contributed by atoms with van der Waals surface area (Å²) in [6, 6.07) is 6.29. The van der Waals surface area contributed by atoms with Crippen LogP contribution in [0, 0.1) is 5.41 Å². The molecule has 1 amide bonds. The molecule has 1 saturated heterocycles. The number of hydrogen-bond donors (Lipinski definition) is 2. The lowest BCUT2D eigenvalue weighted by atomic mass is 9.87. The van der Waals surface area contributed by atoms with Gasteiger partial charge in [-0.3, -0.25) is 4.79 Å². The Hall–Kier alpha value is -1.39. The van der Waals surface area contributed by atoms with Crippen LogP contribution in [0.5, 0.6) is 0 Å². The molecule has 0 radical (unpaired) electrons. The van der Waals surface area contributed by atoms with Gasteiger partial charge in [-0.15, -0.1) is 0 Å². The number of anilines is 1. The molecular weight excluding hydrogens is 252 g/mol. The van der Waals surface area contributed by atoms with Gasteiger partial charge in [0, 0.05) is 19.3 Å². The van der Waals surface area contributed by atoms with Crippen molar-refractivity contribution in [2.24, 2.45) is 5.41 Å². The number of benzene rings is 1. The average Bonchev–Trinajstić information content (AvgIpc) is 3.08. The number of rotatable bonds is 4. The third-order valence-electron chi connectivity index (χ3n) is 4.50. The minimum absolute atomic E-state index is 0.0716. The van der Waals surface area contributed by atoms with Gasteiger partial charge in [0.2, 0.25) is 5.91 Å². The van der Waals surface area contributed by atoms with Crippen LogP contribution in [-0.4, -0.2) is 32.7 Å². The fraction of sp³-hybridized carbons (Fsp3) is 0.562. The Labute approximate surface area is 119 Å². The van der Waals surface area contributed by atoms with Gasteiger partial charge >= 0.3 is 0 Å². The van der Waals surface area contributed by atoms with E-state index in [2.05, 4.69) is 22.8 Å². The molecule has 0 bridgehead atoms. The van der Waals surface area contributed by atoms with Crippen LogP contribution in [0.2, 0.25) is 0 Å². The zero-order valence-electron chi connectivity index (χ0n) is 12.0. The zero-order chi connectivity index (χ0) is 14.0. The second-order valence-electron chi connectivity index (χ2n) is 5.93. The van der Waals surface area contributed by atoms with E-state index in [1.807, 2.05) is 6.07 Å². The van der Waals surface area contributed by atoms with Crippen LogP contribution in [0.3, 0.4) is 0 Å². The molecule has 0 aromatic heterocycles. The van der Waals surface area contributed by atoms with Gasteiger partial charge in [0.25, 0.3) is 0 Å². The summed E-state index contributed by atoms with van der Waals surface area (Å²) in [6.45, 7) is 2.04. The molecule has 4 nitrogen and oxygen atoms in total. The topological polar surface area (TPSA) is 50.4 Å². The number of hydrogen-bond acceptors (Lipinski definition) is 3. The molecule has 1 aliphatic carbocycles. The zero-order valence-corrected chi connectivity index (χ0v) is 12.0. The van der Waals surface area contributed by atoms with E-state index in [9.17, 15) is 4.79 Å². The summed E-state index contributed by atoms with van der Waals surface area (Å²) in [4.78, 5) is 12.6. The van der Waals surface area contributed by atoms with Gasteiger partial charge in [-0.05, 0) is 55.5 Å². The number of nitrogens with one attached hydrogen (secondary N) is 2. The van der Waals surface area contributed by atoms with E-state index in [0.717, 1.165) is 25.1 Å². The van der Waals surface area contributed by atoms with Crippen molar-refractivity contribution in [2.75, 3.05) is 32.1 Å². The molecule has 2 N–H and O–H groups in total. The Morgan fingerprint density at radius 2 is 2.25 bits per heavy atom. The van der Waals surface area contributed by atoms with Crippen molar-refractivity contribution in [1.29, 1.82) is 0 Å². The highest BCUT2D eigenvalue weighted by Gasteiger charge is 2.41. The Morgan fingerprint density at radius 3 is 3.00 bits per heavy atom. The Morgan fingerprint density at radius 1 is 1.40 bits per heavy atom. The molecule has 2 aliphatic rings. The summed E-state index contributed by atoms with van der Waals surface area (Å²) < 4.78 is 5.26.